The molecule has 2 rings (SSSR count). The average molecular weight is 427 g/mol. The molecular weight excluding hydrogens is 392 g/mol. The van der Waals surface area contributed by atoms with Gasteiger partial charge in [-0.05, 0) is 57.8 Å². The molecule has 2 aromatic rings. The monoisotopic (exact) mass is 426 g/mol. The number of methoxy groups -OCH3 is 1. The predicted molar refractivity (Wildman–Crippen MR) is 124 cm³/mol. The molecule has 0 saturated carbocycles. The number of hydrogen-bond donors (Lipinski definition) is 1. The molecule has 0 aliphatic carbocycles. The van der Waals surface area contributed by atoms with Gasteiger partial charge in [-0.15, -0.1) is 0 Å². The Hall–Kier alpha value is -2.86. The topological polar surface area (TPSA) is 67.9 Å². The van der Waals surface area contributed by atoms with Crippen LogP contribution in [0.4, 0.5) is 0 Å². The number of esters is 1. The van der Waals surface area contributed by atoms with Crippen LogP contribution in [0.15, 0.2) is 54.1 Å². The van der Waals surface area contributed by atoms with Crippen molar-refractivity contribution in [3.8, 4) is 5.75 Å². The number of amides is 1. The third-order valence-corrected chi connectivity index (χ3v) is 4.95. The van der Waals surface area contributed by atoms with Gasteiger partial charge in [0.05, 0.1) is 12.7 Å². The number of fused-ring (bicyclic) bond motifs is 1. The van der Waals surface area contributed by atoms with Gasteiger partial charge in [0, 0.05) is 18.4 Å². The van der Waals surface area contributed by atoms with Gasteiger partial charge in [0.15, 0.2) is 0 Å². The number of nitrogens with one attached hydrogen (secondary N) is 1. The van der Waals surface area contributed by atoms with Gasteiger partial charge in [0.1, 0.15) is 12.4 Å². The van der Waals surface area contributed by atoms with Crippen molar-refractivity contribution in [2.24, 2.45) is 0 Å². The Bertz CT molecular complexity index is 871. The molecule has 31 heavy (non-hydrogen) atoms. The molecule has 6 heteroatoms. The van der Waals surface area contributed by atoms with E-state index in [2.05, 4.69) is 15.0 Å². The minimum atomic E-state index is -0.206. The molecule has 0 aromatic heterocycles. The summed E-state index contributed by atoms with van der Waals surface area (Å²) in [7, 11) is 5.42. The summed E-state index contributed by atoms with van der Waals surface area (Å²) in [6.45, 7) is 1.73. The zero-order chi connectivity index (χ0) is 22.5. The summed E-state index contributed by atoms with van der Waals surface area (Å²) in [6.07, 6.45) is 5.43. The smallest absolute Gasteiger partial charge is 0.305 e. The number of hydrogen-bond acceptors (Lipinski definition) is 5. The first-order valence-electron chi connectivity index (χ1n) is 10.8. The van der Waals surface area contributed by atoms with E-state index in [1.807, 2.05) is 62.6 Å². The molecule has 0 fully saturated rings. The van der Waals surface area contributed by atoms with Crippen LogP contribution in [-0.4, -0.2) is 57.7 Å². The molecule has 1 N–H and O–H groups in total. The normalized spacial score (nSPS) is 11.5. The maximum atomic E-state index is 12.7. The quantitative estimate of drug-likeness (QED) is 0.298. The molecule has 168 valence electrons. The summed E-state index contributed by atoms with van der Waals surface area (Å²) in [6, 6.07) is 13.9. The second-order valence-corrected chi connectivity index (χ2v) is 7.73. The molecule has 0 aliphatic heterocycles. The molecule has 0 radical (unpaired) electrons. The highest BCUT2D eigenvalue weighted by molar-refractivity contribution is 5.94. The third-order valence-electron chi connectivity index (χ3n) is 4.95. The van der Waals surface area contributed by atoms with E-state index in [1.54, 1.807) is 0 Å². The fourth-order valence-corrected chi connectivity index (χ4v) is 3.20. The van der Waals surface area contributed by atoms with E-state index in [4.69, 9.17) is 4.74 Å². The van der Waals surface area contributed by atoms with E-state index in [9.17, 15) is 9.59 Å². The molecule has 2 aromatic carbocycles. The number of benzene rings is 2. The Kier molecular flexibility index (Phi) is 10.6. The summed E-state index contributed by atoms with van der Waals surface area (Å²) < 4.78 is 10.7. The molecule has 0 spiro atoms. The second kappa shape index (κ2) is 13.4. The van der Waals surface area contributed by atoms with Gasteiger partial charge in [-0.3, -0.25) is 9.59 Å². The first kappa shape index (κ1) is 24.4. The van der Waals surface area contributed by atoms with Crippen LogP contribution in [0, 0.1) is 0 Å². The number of ether oxygens (including phenoxy) is 2. The zero-order valence-electron chi connectivity index (χ0n) is 18.9. The van der Waals surface area contributed by atoms with E-state index in [1.165, 1.54) is 7.11 Å². The lowest BCUT2D eigenvalue weighted by Gasteiger charge is -2.14. The highest BCUT2D eigenvalue weighted by Crippen LogP contribution is 2.25. The van der Waals surface area contributed by atoms with E-state index in [-0.39, 0.29) is 18.5 Å². The lowest BCUT2D eigenvalue weighted by atomic mass is 10.1. The van der Waals surface area contributed by atoms with Crippen molar-refractivity contribution in [1.82, 2.24) is 10.2 Å². The van der Waals surface area contributed by atoms with Crippen molar-refractivity contribution in [1.29, 1.82) is 0 Å². The summed E-state index contributed by atoms with van der Waals surface area (Å²) >= 11 is 0. The minimum absolute atomic E-state index is 0.105. The summed E-state index contributed by atoms with van der Waals surface area (Å²) in [4.78, 5) is 26.1. The van der Waals surface area contributed by atoms with Gasteiger partial charge >= 0.3 is 5.97 Å². The fourth-order valence-electron chi connectivity index (χ4n) is 3.20. The van der Waals surface area contributed by atoms with Gasteiger partial charge < -0.3 is 19.7 Å². The number of nitrogens with zero attached hydrogens (tertiary/aromatic N) is 1. The second-order valence-electron chi connectivity index (χ2n) is 7.73. The zero-order valence-corrected chi connectivity index (χ0v) is 18.9. The minimum Gasteiger partial charge on any atom is -0.488 e. The Morgan fingerprint density at radius 2 is 1.81 bits per heavy atom. The van der Waals surface area contributed by atoms with Crippen LogP contribution in [0.5, 0.6) is 5.75 Å². The molecule has 0 saturated heterocycles. The van der Waals surface area contributed by atoms with Crippen molar-refractivity contribution in [2.75, 3.05) is 40.9 Å². The molecule has 0 aliphatic rings. The van der Waals surface area contributed by atoms with Crippen LogP contribution in [-0.2, 0) is 14.3 Å². The number of unbranched alkanes of at least 4 members (excludes halogenated alkanes) is 2. The van der Waals surface area contributed by atoms with E-state index in [0.717, 1.165) is 42.3 Å². The largest absolute Gasteiger partial charge is 0.488 e. The highest BCUT2D eigenvalue weighted by atomic mass is 16.5. The Labute approximate surface area is 185 Å². The van der Waals surface area contributed by atoms with E-state index < -0.39 is 0 Å². The fraction of sp³-hybridized carbons (Fsp3) is 0.440. The number of carbonyl (C=O) groups is 2. The molecule has 6 nitrogen and oxygen atoms in total. The van der Waals surface area contributed by atoms with Crippen LogP contribution in [0.1, 0.15) is 32.1 Å². The third kappa shape index (κ3) is 8.80. The molecule has 0 atom stereocenters. The van der Waals surface area contributed by atoms with Crippen molar-refractivity contribution in [2.45, 2.75) is 32.1 Å². The molecule has 0 bridgehead atoms. The van der Waals surface area contributed by atoms with Crippen LogP contribution in [0.2, 0.25) is 0 Å². The van der Waals surface area contributed by atoms with Crippen molar-refractivity contribution in [3.05, 3.63) is 54.1 Å². The average Bonchev–Trinajstić information content (AvgIpc) is 2.78. The van der Waals surface area contributed by atoms with Crippen molar-refractivity contribution in [3.63, 3.8) is 0 Å². The summed E-state index contributed by atoms with van der Waals surface area (Å²) in [5.74, 6) is 0.448. The summed E-state index contributed by atoms with van der Waals surface area (Å²) in [5.41, 5.74) is 0.607. The standard InChI is InChI=1S/C25H34N2O4/c1-27(2)18-10-17-26-25(29)21(12-5-4-6-16-24(28)30-3)19-31-23-15-9-13-20-11-7-8-14-22(20)23/h7-9,11-15H,4-6,10,16-19H2,1-3H3,(H,26,29)/b21-12+. The Balaban J connectivity index is 1.99. The lowest BCUT2D eigenvalue weighted by Crippen LogP contribution is -2.30. The van der Waals surface area contributed by atoms with Crippen molar-refractivity contribution < 1.29 is 19.1 Å². The van der Waals surface area contributed by atoms with Crippen LogP contribution in [0.25, 0.3) is 10.8 Å². The maximum absolute atomic E-state index is 12.7. The van der Waals surface area contributed by atoms with Gasteiger partial charge in [-0.25, -0.2) is 0 Å². The number of carbonyl (C=O) groups excluding carboxylic acids is 2. The van der Waals surface area contributed by atoms with E-state index >= 15 is 0 Å². The molecule has 1 amide bonds. The molecular formula is C25H34N2O4. The maximum Gasteiger partial charge on any atom is 0.305 e. The van der Waals surface area contributed by atoms with Crippen LogP contribution >= 0.6 is 0 Å². The number of allylic oxidation sites excluding steroid dienone is 1. The first-order valence-corrected chi connectivity index (χ1v) is 10.8. The van der Waals surface area contributed by atoms with E-state index in [0.29, 0.717) is 25.0 Å². The summed E-state index contributed by atoms with van der Waals surface area (Å²) in [5, 5.41) is 5.11. The van der Waals surface area contributed by atoms with Crippen LogP contribution < -0.4 is 10.1 Å². The highest BCUT2D eigenvalue weighted by Gasteiger charge is 2.11. The Morgan fingerprint density at radius 3 is 2.58 bits per heavy atom. The van der Waals surface area contributed by atoms with Crippen molar-refractivity contribution >= 4 is 22.6 Å². The number of rotatable bonds is 13. The van der Waals surface area contributed by atoms with Gasteiger partial charge in [0.25, 0.3) is 0 Å². The lowest BCUT2D eigenvalue weighted by molar-refractivity contribution is -0.140. The predicted octanol–water partition coefficient (Wildman–Crippen LogP) is 3.95. The first-order chi connectivity index (χ1) is 15.0. The SMILES string of the molecule is COC(=O)CCCC/C=C(\COc1cccc2ccccc12)C(=O)NCCCN(C)C. The molecule has 0 heterocycles. The Morgan fingerprint density at radius 1 is 1.03 bits per heavy atom. The van der Waals surface area contributed by atoms with Gasteiger partial charge in [0.2, 0.25) is 5.91 Å². The van der Waals surface area contributed by atoms with Gasteiger partial charge in [-0.2, -0.15) is 0 Å². The van der Waals surface area contributed by atoms with Gasteiger partial charge in [-0.1, -0.05) is 42.5 Å². The van der Waals surface area contributed by atoms with Crippen LogP contribution in [0.3, 0.4) is 0 Å². The molecule has 0 unspecified atom stereocenters.